The number of ether oxygens (including phenoxy) is 1. The molecule has 1 fully saturated rings. The van der Waals surface area contributed by atoms with Gasteiger partial charge in [-0.3, -0.25) is 14.4 Å². The summed E-state index contributed by atoms with van der Waals surface area (Å²) < 4.78 is 34.2. The average molecular weight is 634 g/mol. The lowest BCUT2D eigenvalue weighted by Gasteiger charge is -2.40. The number of carbonyl (C=O) groups is 4. The summed E-state index contributed by atoms with van der Waals surface area (Å²) in [5.74, 6) is -6.78. The Kier molecular flexibility index (Phi) is 11.5. The molecule has 45 heavy (non-hydrogen) atoms. The van der Waals surface area contributed by atoms with Crippen molar-refractivity contribution in [1.82, 2.24) is 10.2 Å². The number of carboxylic acid groups (broad SMARTS) is 3. The predicted octanol–water partition coefficient (Wildman–Crippen LogP) is 1.74. The monoisotopic (exact) mass is 633 g/mol. The molecule has 2 aliphatic heterocycles. The topological polar surface area (TPSA) is 218 Å². The highest BCUT2D eigenvalue weighted by atomic mass is 19.1. The summed E-state index contributed by atoms with van der Waals surface area (Å²) in [6.07, 6.45) is -0.861. The Morgan fingerprint density at radius 2 is 1.69 bits per heavy atom. The van der Waals surface area contributed by atoms with E-state index in [1.165, 1.54) is 24.3 Å². The van der Waals surface area contributed by atoms with Gasteiger partial charge >= 0.3 is 17.9 Å². The van der Waals surface area contributed by atoms with Crippen LogP contribution in [0, 0.1) is 28.9 Å². The third-order valence-electron chi connectivity index (χ3n) is 7.70. The van der Waals surface area contributed by atoms with Gasteiger partial charge in [-0.1, -0.05) is 6.07 Å². The highest BCUT2D eigenvalue weighted by Crippen LogP contribution is 2.44. The molecule has 2 heterocycles. The van der Waals surface area contributed by atoms with Crippen LogP contribution in [0.3, 0.4) is 0 Å². The third-order valence-corrected chi connectivity index (χ3v) is 7.70. The number of phenols is 1. The molecule has 0 saturated carbocycles. The maximum absolute atomic E-state index is 14.2. The highest BCUT2D eigenvalue weighted by molar-refractivity contribution is 5.88. The number of nitrogens with one attached hydrogen (secondary N) is 1. The van der Waals surface area contributed by atoms with Crippen LogP contribution in [-0.4, -0.2) is 86.0 Å². The number of hydrogen-bond acceptors (Lipinski definition) is 9. The Morgan fingerprint density at radius 3 is 2.27 bits per heavy atom. The van der Waals surface area contributed by atoms with Crippen molar-refractivity contribution >= 4 is 23.8 Å². The number of halogens is 2. The number of aromatic hydroxyl groups is 1. The maximum Gasteiger partial charge on any atom is 0.336 e. The van der Waals surface area contributed by atoms with Crippen molar-refractivity contribution in [2.75, 3.05) is 26.2 Å². The summed E-state index contributed by atoms with van der Waals surface area (Å²) in [4.78, 5) is 45.3. The van der Waals surface area contributed by atoms with Gasteiger partial charge in [-0.2, -0.15) is 5.26 Å². The molecule has 2 aromatic rings. The number of aliphatic hydroxyl groups is 1. The van der Waals surface area contributed by atoms with Gasteiger partial charge in [-0.15, -0.1) is 0 Å². The SMILES string of the molecule is N#CCNC(=O)C(Cc1cc(O)ccc1F)CN1CCC2(CC1)OCc1ccc(F)cc12.O=C(O)CC(O)(CC(=O)O)C(=O)O. The number of aliphatic carboxylic acids is 3. The number of fused-ring (bicyclic) bond motifs is 2. The van der Waals surface area contributed by atoms with Crippen LogP contribution in [0.25, 0.3) is 0 Å². The number of nitriles is 1. The second kappa shape index (κ2) is 14.9. The Hall–Kier alpha value is -4.65. The molecule has 0 aliphatic carbocycles. The van der Waals surface area contributed by atoms with Crippen molar-refractivity contribution < 1.29 is 58.2 Å². The number of likely N-dealkylation sites (tertiary alicyclic amines) is 1. The summed E-state index contributed by atoms with van der Waals surface area (Å²) in [7, 11) is 0. The van der Waals surface area contributed by atoms with Crippen LogP contribution in [0.15, 0.2) is 36.4 Å². The van der Waals surface area contributed by atoms with Gasteiger partial charge in [-0.05, 0) is 66.3 Å². The Labute approximate surface area is 256 Å². The number of rotatable bonds is 11. The second-order valence-corrected chi connectivity index (χ2v) is 10.9. The number of piperidine rings is 1. The minimum atomic E-state index is -2.74. The smallest absolute Gasteiger partial charge is 0.336 e. The fraction of sp³-hybridized carbons (Fsp3) is 0.433. The molecule has 1 unspecified atom stereocenters. The normalized spacial score (nSPS) is 16.0. The van der Waals surface area contributed by atoms with E-state index < -0.39 is 53.7 Å². The van der Waals surface area contributed by atoms with E-state index in [-0.39, 0.29) is 36.0 Å². The molecule has 2 aliphatic rings. The summed E-state index contributed by atoms with van der Waals surface area (Å²) in [6.45, 7) is 1.99. The summed E-state index contributed by atoms with van der Waals surface area (Å²) in [5, 5.41) is 54.9. The van der Waals surface area contributed by atoms with Crippen LogP contribution in [0.2, 0.25) is 0 Å². The molecule has 2 aromatic carbocycles. The Balaban J connectivity index is 0.000000360. The van der Waals surface area contributed by atoms with Crippen LogP contribution in [-0.2, 0) is 42.5 Å². The molecule has 1 saturated heterocycles. The van der Waals surface area contributed by atoms with Crippen molar-refractivity contribution in [3.63, 3.8) is 0 Å². The van der Waals surface area contributed by atoms with Gasteiger partial charge in [0.1, 0.15) is 23.9 Å². The Bertz CT molecular complexity index is 1450. The fourth-order valence-corrected chi connectivity index (χ4v) is 5.42. The Morgan fingerprint density at radius 1 is 1.04 bits per heavy atom. The van der Waals surface area contributed by atoms with Crippen molar-refractivity contribution in [3.05, 3.63) is 64.7 Å². The maximum atomic E-state index is 14.2. The number of carboxylic acids is 3. The molecule has 242 valence electrons. The molecular formula is C30H33F2N3O10. The first kappa shape index (κ1) is 34.8. The van der Waals surface area contributed by atoms with E-state index in [0.717, 1.165) is 11.1 Å². The summed E-state index contributed by atoms with van der Waals surface area (Å²) in [6, 6.07) is 10.4. The van der Waals surface area contributed by atoms with Crippen molar-refractivity contribution in [2.24, 2.45) is 5.92 Å². The third kappa shape index (κ3) is 9.17. The summed E-state index contributed by atoms with van der Waals surface area (Å²) >= 11 is 0. The standard InChI is InChI=1S/C24H25F2N3O3.C6H8O7/c25-19-2-1-16-15-32-24(21(16)13-19)5-9-29(10-6-24)14-18(23(31)28-8-7-27)11-17-12-20(30)3-4-22(17)26;7-3(8)1-6(13,5(11)12)2-4(9)10/h1-4,12-13,18,30H,5-6,8-11,14-15H2,(H,28,31);13H,1-2H2,(H,7,8)(H,9,10)(H,11,12). The van der Waals surface area contributed by atoms with Crippen LogP contribution in [0.4, 0.5) is 8.78 Å². The molecular weight excluding hydrogens is 600 g/mol. The van der Waals surface area contributed by atoms with Crippen molar-refractivity contribution in [1.29, 1.82) is 5.26 Å². The van der Waals surface area contributed by atoms with E-state index in [9.17, 15) is 33.1 Å². The first-order valence-corrected chi connectivity index (χ1v) is 13.8. The minimum absolute atomic E-state index is 0.0678. The zero-order chi connectivity index (χ0) is 33.4. The van der Waals surface area contributed by atoms with Gasteiger partial charge < -0.3 is 40.5 Å². The van der Waals surface area contributed by atoms with Crippen LogP contribution < -0.4 is 5.32 Å². The van der Waals surface area contributed by atoms with Crippen LogP contribution in [0.1, 0.15) is 42.4 Å². The molecule has 1 atom stereocenters. The van der Waals surface area contributed by atoms with Gasteiger partial charge in [0.25, 0.3) is 0 Å². The van der Waals surface area contributed by atoms with Gasteiger partial charge in [0.15, 0.2) is 5.60 Å². The average Bonchev–Trinajstić information content (AvgIpc) is 3.30. The van der Waals surface area contributed by atoms with E-state index in [1.807, 2.05) is 6.07 Å². The first-order chi connectivity index (χ1) is 21.2. The number of benzene rings is 2. The van der Waals surface area contributed by atoms with Gasteiger partial charge in [0.05, 0.1) is 37.0 Å². The van der Waals surface area contributed by atoms with Gasteiger partial charge in [-0.25, -0.2) is 13.6 Å². The van der Waals surface area contributed by atoms with Gasteiger partial charge in [0.2, 0.25) is 5.91 Å². The quantitative estimate of drug-likeness (QED) is 0.195. The molecule has 0 bridgehead atoms. The van der Waals surface area contributed by atoms with E-state index >= 15 is 0 Å². The minimum Gasteiger partial charge on any atom is -0.508 e. The molecule has 1 spiro atoms. The van der Waals surface area contributed by atoms with E-state index in [0.29, 0.717) is 39.1 Å². The lowest BCUT2D eigenvalue weighted by Crippen LogP contribution is -2.47. The second-order valence-electron chi connectivity index (χ2n) is 10.9. The van der Waals surface area contributed by atoms with Crippen LogP contribution >= 0.6 is 0 Å². The number of carbonyl (C=O) groups excluding carboxylic acids is 1. The number of nitrogens with zero attached hydrogens (tertiary/aromatic N) is 2. The fourth-order valence-electron chi connectivity index (χ4n) is 5.42. The zero-order valence-electron chi connectivity index (χ0n) is 24.0. The molecule has 13 nitrogen and oxygen atoms in total. The highest BCUT2D eigenvalue weighted by Gasteiger charge is 2.43. The summed E-state index contributed by atoms with van der Waals surface area (Å²) in [5.41, 5.74) is -1.09. The molecule has 0 aromatic heterocycles. The van der Waals surface area contributed by atoms with Crippen LogP contribution in [0.5, 0.6) is 5.75 Å². The van der Waals surface area contributed by atoms with Gasteiger partial charge in [0, 0.05) is 19.6 Å². The molecule has 1 amide bonds. The predicted molar refractivity (Wildman–Crippen MR) is 150 cm³/mol. The number of amides is 1. The van der Waals surface area contributed by atoms with E-state index in [1.54, 1.807) is 12.1 Å². The zero-order valence-corrected chi connectivity index (χ0v) is 24.0. The van der Waals surface area contributed by atoms with Crippen molar-refractivity contribution in [3.8, 4) is 11.8 Å². The van der Waals surface area contributed by atoms with Crippen molar-refractivity contribution in [2.45, 2.75) is 49.9 Å². The number of phenolic OH excluding ortho intramolecular Hbond substituents is 1. The lowest BCUT2D eigenvalue weighted by molar-refractivity contribution is -0.170. The molecule has 4 rings (SSSR count). The first-order valence-electron chi connectivity index (χ1n) is 13.8. The largest absolute Gasteiger partial charge is 0.508 e. The van der Waals surface area contributed by atoms with E-state index in [2.05, 4.69) is 10.2 Å². The lowest BCUT2D eigenvalue weighted by atomic mass is 9.83. The molecule has 15 heteroatoms. The van der Waals surface area contributed by atoms with E-state index in [4.69, 9.17) is 30.4 Å². The number of hydrogen-bond donors (Lipinski definition) is 6. The molecule has 0 radical (unpaired) electrons. The molecule has 6 N–H and O–H groups in total.